The Labute approximate surface area is 124 Å². The zero-order valence-corrected chi connectivity index (χ0v) is 12.5. The van der Waals surface area contributed by atoms with Gasteiger partial charge in [-0.15, -0.1) is 11.3 Å². The van der Waals surface area contributed by atoms with Gasteiger partial charge in [0.15, 0.2) is 0 Å². The first-order valence-electron chi connectivity index (χ1n) is 6.95. The van der Waals surface area contributed by atoms with Gasteiger partial charge in [0.1, 0.15) is 5.75 Å². The molecule has 1 aliphatic heterocycles. The number of fused-ring (bicyclic) bond motifs is 1. The predicted molar refractivity (Wildman–Crippen MR) is 83.2 cm³/mol. The largest absolute Gasteiger partial charge is 0.496 e. The summed E-state index contributed by atoms with van der Waals surface area (Å²) in [5.74, 6) is 0.930. The van der Waals surface area contributed by atoms with E-state index in [1.807, 2.05) is 23.5 Å². The maximum Gasteiger partial charge on any atom is 0.123 e. The summed E-state index contributed by atoms with van der Waals surface area (Å²) in [5, 5.41) is 2.19. The third-order valence-electron chi connectivity index (χ3n) is 4.00. The number of nitrogens with zero attached hydrogens (tertiary/aromatic N) is 1. The van der Waals surface area contributed by atoms with Gasteiger partial charge in [0.2, 0.25) is 0 Å². The molecule has 1 unspecified atom stereocenters. The van der Waals surface area contributed by atoms with Crippen molar-refractivity contribution >= 4 is 11.3 Å². The van der Waals surface area contributed by atoms with Gasteiger partial charge in [0.25, 0.3) is 0 Å². The molecule has 1 atom stereocenters. The van der Waals surface area contributed by atoms with E-state index in [2.05, 4.69) is 28.5 Å². The van der Waals surface area contributed by atoms with Crippen LogP contribution in [0.5, 0.6) is 5.75 Å². The van der Waals surface area contributed by atoms with Gasteiger partial charge in [-0.3, -0.25) is 4.90 Å². The van der Waals surface area contributed by atoms with E-state index < -0.39 is 0 Å². The Morgan fingerprint density at radius 2 is 2.20 bits per heavy atom. The lowest BCUT2D eigenvalue weighted by molar-refractivity contribution is 0.182. The van der Waals surface area contributed by atoms with Crippen LogP contribution in [0.3, 0.4) is 0 Å². The molecular weight excluding hydrogens is 268 g/mol. The smallest absolute Gasteiger partial charge is 0.123 e. The summed E-state index contributed by atoms with van der Waals surface area (Å²) in [7, 11) is 1.72. The molecule has 4 heteroatoms. The van der Waals surface area contributed by atoms with Crippen LogP contribution in [-0.2, 0) is 13.0 Å². The molecular formula is C16H20N2OS. The van der Waals surface area contributed by atoms with Crippen LogP contribution in [0.25, 0.3) is 0 Å². The van der Waals surface area contributed by atoms with Crippen LogP contribution < -0.4 is 10.5 Å². The number of para-hydroxylation sites is 1. The number of rotatable bonds is 4. The summed E-state index contributed by atoms with van der Waals surface area (Å²) in [6.45, 7) is 2.66. The average Bonchev–Trinajstić information content (AvgIpc) is 2.96. The van der Waals surface area contributed by atoms with Gasteiger partial charge in [0.05, 0.1) is 13.2 Å². The fourth-order valence-corrected chi connectivity index (χ4v) is 3.84. The Morgan fingerprint density at radius 1 is 1.35 bits per heavy atom. The summed E-state index contributed by atoms with van der Waals surface area (Å²) < 4.78 is 5.49. The van der Waals surface area contributed by atoms with Crippen LogP contribution in [0, 0.1) is 0 Å². The molecule has 0 amide bonds. The van der Waals surface area contributed by atoms with Crippen LogP contribution in [0.1, 0.15) is 22.0 Å². The Hall–Kier alpha value is -1.36. The SMILES string of the molecule is COc1ccccc1C(CN)N1CCc2sccc2C1. The summed E-state index contributed by atoms with van der Waals surface area (Å²) in [6, 6.07) is 10.7. The Morgan fingerprint density at radius 3 is 3.00 bits per heavy atom. The van der Waals surface area contributed by atoms with E-state index in [0.717, 1.165) is 25.3 Å². The molecule has 0 aliphatic carbocycles. The molecule has 106 valence electrons. The quantitative estimate of drug-likeness (QED) is 0.940. The van der Waals surface area contributed by atoms with Gasteiger partial charge in [-0.25, -0.2) is 0 Å². The maximum atomic E-state index is 6.06. The molecule has 3 nitrogen and oxygen atoms in total. The molecule has 0 fully saturated rings. The third kappa shape index (κ3) is 2.46. The third-order valence-corrected chi connectivity index (χ3v) is 5.02. The highest BCUT2D eigenvalue weighted by molar-refractivity contribution is 7.10. The molecule has 2 N–H and O–H groups in total. The zero-order chi connectivity index (χ0) is 13.9. The van der Waals surface area contributed by atoms with Gasteiger partial charge < -0.3 is 10.5 Å². The van der Waals surface area contributed by atoms with Gasteiger partial charge >= 0.3 is 0 Å². The summed E-state index contributed by atoms with van der Waals surface area (Å²) in [4.78, 5) is 3.99. The van der Waals surface area contributed by atoms with E-state index >= 15 is 0 Å². The fraction of sp³-hybridized carbons (Fsp3) is 0.375. The van der Waals surface area contributed by atoms with Crippen molar-refractivity contribution in [2.24, 2.45) is 5.73 Å². The minimum Gasteiger partial charge on any atom is -0.496 e. The molecule has 2 heterocycles. The molecule has 20 heavy (non-hydrogen) atoms. The molecule has 0 bridgehead atoms. The Bertz CT molecular complexity index is 581. The number of ether oxygens (including phenoxy) is 1. The number of benzene rings is 1. The number of hydrogen-bond acceptors (Lipinski definition) is 4. The fourth-order valence-electron chi connectivity index (χ4n) is 2.95. The van der Waals surface area contributed by atoms with Crippen molar-refractivity contribution in [3.8, 4) is 5.75 Å². The van der Waals surface area contributed by atoms with E-state index in [4.69, 9.17) is 10.5 Å². The lowest BCUT2D eigenvalue weighted by Crippen LogP contribution is -2.37. The second-order valence-corrected chi connectivity index (χ2v) is 6.08. The maximum absolute atomic E-state index is 6.06. The van der Waals surface area contributed by atoms with Crippen LogP contribution in [0.2, 0.25) is 0 Å². The highest BCUT2D eigenvalue weighted by Gasteiger charge is 2.26. The van der Waals surface area contributed by atoms with Crippen molar-refractivity contribution in [2.75, 3.05) is 20.2 Å². The monoisotopic (exact) mass is 288 g/mol. The second kappa shape index (κ2) is 5.95. The normalized spacial score (nSPS) is 16.7. The molecule has 0 saturated carbocycles. The molecule has 2 aromatic rings. The van der Waals surface area contributed by atoms with Crippen molar-refractivity contribution in [1.29, 1.82) is 0 Å². The van der Waals surface area contributed by atoms with Gasteiger partial charge in [-0.2, -0.15) is 0 Å². The predicted octanol–water partition coefficient (Wildman–Crippen LogP) is 2.81. The minimum absolute atomic E-state index is 0.221. The summed E-state index contributed by atoms with van der Waals surface area (Å²) in [6.07, 6.45) is 1.12. The van der Waals surface area contributed by atoms with E-state index in [1.54, 1.807) is 7.11 Å². The van der Waals surface area contributed by atoms with Crippen LogP contribution >= 0.6 is 11.3 Å². The minimum atomic E-state index is 0.221. The lowest BCUT2D eigenvalue weighted by atomic mass is 10.0. The number of nitrogens with two attached hydrogens (primary N) is 1. The highest BCUT2D eigenvalue weighted by Crippen LogP contribution is 2.33. The van der Waals surface area contributed by atoms with Gasteiger partial charge in [-0.05, 0) is 29.5 Å². The topological polar surface area (TPSA) is 38.5 Å². The second-order valence-electron chi connectivity index (χ2n) is 5.08. The van der Waals surface area contributed by atoms with E-state index in [1.165, 1.54) is 16.0 Å². The van der Waals surface area contributed by atoms with Crippen LogP contribution in [0.15, 0.2) is 35.7 Å². The summed E-state index contributed by atoms with van der Waals surface area (Å²) >= 11 is 1.87. The molecule has 1 aliphatic rings. The molecule has 0 saturated heterocycles. The first-order valence-corrected chi connectivity index (χ1v) is 7.83. The number of methoxy groups -OCH3 is 1. The van der Waals surface area contributed by atoms with Gasteiger partial charge in [-0.1, -0.05) is 18.2 Å². The molecule has 1 aromatic heterocycles. The zero-order valence-electron chi connectivity index (χ0n) is 11.7. The van der Waals surface area contributed by atoms with Crippen LogP contribution in [-0.4, -0.2) is 25.1 Å². The first kappa shape index (κ1) is 13.6. The molecule has 1 aromatic carbocycles. The lowest BCUT2D eigenvalue weighted by Gasteiger charge is -2.34. The average molecular weight is 288 g/mol. The molecule has 0 spiro atoms. The summed E-state index contributed by atoms with van der Waals surface area (Å²) in [5.41, 5.74) is 8.70. The van der Waals surface area contributed by atoms with Crippen molar-refractivity contribution in [2.45, 2.75) is 19.0 Å². The first-order chi connectivity index (χ1) is 9.83. The Balaban J connectivity index is 1.87. The van der Waals surface area contributed by atoms with Crippen molar-refractivity contribution in [3.05, 3.63) is 51.7 Å². The van der Waals surface area contributed by atoms with Gasteiger partial charge in [0, 0.05) is 30.1 Å². The number of thiophene rings is 1. The van der Waals surface area contributed by atoms with E-state index in [9.17, 15) is 0 Å². The van der Waals surface area contributed by atoms with Crippen molar-refractivity contribution in [3.63, 3.8) is 0 Å². The highest BCUT2D eigenvalue weighted by atomic mass is 32.1. The van der Waals surface area contributed by atoms with E-state index in [-0.39, 0.29) is 6.04 Å². The standard InChI is InChI=1S/C16H20N2OS/c1-19-15-5-3-2-4-13(15)14(10-17)18-8-6-16-12(11-18)7-9-20-16/h2-5,7,9,14H,6,8,10-11,17H2,1H3. The Kier molecular flexibility index (Phi) is 4.05. The van der Waals surface area contributed by atoms with E-state index in [0.29, 0.717) is 6.54 Å². The van der Waals surface area contributed by atoms with Crippen LogP contribution in [0.4, 0.5) is 0 Å². The van der Waals surface area contributed by atoms with Crippen molar-refractivity contribution < 1.29 is 4.74 Å². The van der Waals surface area contributed by atoms with Crippen molar-refractivity contribution in [1.82, 2.24) is 4.90 Å². The molecule has 0 radical (unpaired) electrons. The number of hydrogen-bond donors (Lipinski definition) is 1. The molecule has 3 rings (SSSR count).